The van der Waals surface area contributed by atoms with E-state index in [4.69, 9.17) is 4.74 Å². The van der Waals surface area contributed by atoms with E-state index >= 15 is 0 Å². The van der Waals surface area contributed by atoms with Gasteiger partial charge in [0, 0.05) is 0 Å². The molecule has 0 amide bonds. The van der Waals surface area contributed by atoms with Crippen molar-refractivity contribution in [2.75, 3.05) is 13.7 Å². The number of allylic oxidation sites excluding steroid dienone is 1. The number of unbranched alkanes of at least 4 members (excludes halogenated alkanes) is 2. The molecule has 0 aromatic carbocycles. The van der Waals surface area contributed by atoms with Crippen molar-refractivity contribution >= 4 is 20.7 Å². The molecule has 0 spiro atoms. The average Bonchev–Trinajstić information content (AvgIpc) is 2.24. The van der Waals surface area contributed by atoms with Crippen molar-refractivity contribution in [2.24, 2.45) is 0 Å². The second kappa shape index (κ2) is 10.4. The van der Waals surface area contributed by atoms with Crippen molar-refractivity contribution in [3.8, 4) is 0 Å². The summed E-state index contributed by atoms with van der Waals surface area (Å²) in [6, 6.07) is 0. The summed E-state index contributed by atoms with van der Waals surface area (Å²) in [6.45, 7) is 4.85. The normalized spacial score (nSPS) is 11.8. The number of rotatable bonds is 9. The van der Waals surface area contributed by atoms with Gasteiger partial charge in [0.2, 0.25) is 0 Å². The van der Waals surface area contributed by atoms with Gasteiger partial charge in [-0.05, 0) is 0 Å². The van der Waals surface area contributed by atoms with Crippen LogP contribution in [-0.4, -0.2) is 34.5 Å². The van der Waals surface area contributed by atoms with Crippen LogP contribution in [0.25, 0.3) is 0 Å². The van der Waals surface area contributed by atoms with E-state index in [0.29, 0.717) is 33.8 Å². The number of methoxy groups -OCH3 is 1. The molecule has 2 nitrogen and oxygen atoms in total. The predicted molar refractivity (Wildman–Crippen MR) is 65.3 cm³/mol. The summed E-state index contributed by atoms with van der Waals surface area (Å²) in [5, 5.41) is 1.09. The average molecular weight is 277 g/mol. The number of Topliss-reactive ketones (excluding diaryl/α,β-unsaturated/α-hetero) is 1. The molecule has 0 saturated heterocycles. The fraction of sp³-hybridized carbons (Fsp3) is 0.750. The molecular formula is C12H22O2Se. The molecule has 0 aliphatic carbocycles. The number of ether oxygens (including phenoxy) is 1. The van der Waals surface area contributed by atoms with Gasteiger partial charge in [0.1, 0.15) is 0 Å². The third-order valence-electron chi connectivity index (χ3n) is 2.02. The molecule has 0 radical (unpaired) electrons. The van der Waals surface area contributed by atoms with Gasteiger partial charge in [-0.2, -0.15) is 0 Å². The first-order valence-corrected chi connectivity index (χ1v) is 7.68. The quantitative estimate of drug-likeness (QED) is 0.368. The first-order chi connectivity index (χ1) is 7.26. The molecule has 0 unspecified atom stereocenters. The fourth-order valence-corrected chi connectivity index (χ4v) is 2.82. The summed E-state index contributed by atoms with van der Waals surface area (Å²) in [6.07, 6.45) is 6.02. The molecule has 0 N–H and O–H groups in total. The molecule has 0 aliphatic heterocycles. The van der Waals surface area contributed by atoms with E-state index in [1.807, 2.05) is 6.08 Å². The van der Waals surface area contributed by atoms with Crippen molar-refractivity contribution in [3.05, 3.63) is 10.5 Å². The van der Waals surface area contributed by atoms with Crippen LogP contribution in [-0.2, 0) is 9.53 Å². The van der Waals surface area contributed by atoms with Gasteiger partial charge in [0.25, 0.3) is 0 Å². The molecule has 0 rings (SSSR count). The van der Waals surface area contributed by atoms with Gasteiger partial charge in [-0.25, -0.2) is 0 Å². The first-order valence-electron chi connectivity index (χ1n) is 5.61. The molecule has 0 aromatic rings. The van der Waals surface area contributed by atoms with E-state index in [1.54, 1.807) is 7.11 Å². The molecule has 88 valence electrons. The van der Waals surface area contributed by atoms with E-state index in [0.717, 1.165) is 22.6 Å². The van der Waals surface area contributed by atoms with Gasteiger partial charge in [-0.1, -0.05) is 0 Å². The summed E-state index contributed by atoms with van der Waals surface area (Å²) in [5.41, 5.74) is 0. The Balaban J connectivity index is 4.04. The SMILES string of the molecule is CCCCCC(=O)/C(=C/COC)[Se]CC. The molecule has 15 heavy (non-hydrogen) atoms. The monoisotopic (exact) mass is 278 g/mol. The van der Waals surface area contributed by atoms with E-state index in [-0.39, 0.29) is 0 Å². The molecular weight excluding hydrogens is 255 g/mol. The molecule has 0 atom stereocenters. The van der Waals surface area contributed by atoms with Crippen LogP contribution in [0.15, 0.2) is 10.5 Å². The summed E-state index contributed by atoms with van der Waals surface area (Å²) < 4.78 is 5.99. The number of carbonyl (C=O) groups excluding carboxylic acids is 1. The van der Waals surface area contributed by atoms with E-state index < -0.39 is 0 Å². The van der Waals surface area contributed by atoms with Crippen molar-refractivity contribution in [2.45, 2.75) is 44.9 Å². The van der Waals surface area contributed by atoms with Crippen LogP contribution in [0.3, 0.4) is 0 Å². The molecule has 0 aliphatic rings. The summed E-state index contributed by atoms with van der Waals surface area (Å²) >= 11 is 0.335. The van der Waals surface area contributed by atoms with E-state index in [2.05, 4.69) is 13.8 Å². The van der Waals surface area contributed by atoms with Crippen LogP contribution in [0.5, 0.6) is 0 Å². The second-order valence-electron chi connectivity index (χ2n) is 3.34. The number of carbonyl (C=O) groups is 1. The molecule has 0 bridgehead atoms. The van der Waals surface area contributed by atoms with Gasteiger partial charge in [-0.15, -0.1) is 0 Å². The van der Waals surface area contributed by atoms with Gasteiger partial charge < -0.3 is 0 Å². The number of ketones is 1. The van der Waals surface area contributed by atoms with Crippen LogP contribution in [0.2, 0.25) is 5.32 Å². The van der Waals surface area contributed by atoms with Crippen molar-refractivity contribution in [1.82, 2.24) is 0 Å². The molecule has 3 heteroatoms. The molecule has 0 saturated carbocycles. The van der Waals surface area contributed by atoms with Crippen molar-refractivity contribution in [1.29, 1.82) is 0 Å². The Hall–Kier alpha value is -0.111. The van der Waals surface area contributed by atoms with Crippen LogP contribution >= 0.6 is 0 Å². The minimum atomic E-state index is 0.335. The number of hydrogen-bond acceptors (Lipinski definition) is 2. The van der Waals surface area contributed by atoms with Gasteiger partial charge in [0.05, 0.1) is 0 Å². The van der Waals surface area contributed by atoms with Crippen molar-refractivity contribution < 1.29 is 9.53 Å². The zero-order valence-corrected chi connectivity index (χ0v) is 11.8. The summed E-state index contributed by atoms with van der Waals surface area (Å²) in [4.78, 5) is 11.8. The van der Waals surface area contributed by atoms with Crippen LogP contribution in [0.4, 0.5) is 0 Å². The third-order valence-corrected chi connectivity index (χ3v) is 4.10. The summed E-state index contributed by atoms with van der Waals surface area (Å²) in [5.74, 6) is 0.336. The second-order valence-corrected chi connectivity index (χ2v) is 6.08. The third kappa shape index (κ3) is 7.78. The molecule has 0 heterocycles. The first kappa shape index (κ1) is 14.9. The van der Waals surface area contributed by atoms with E-state index in [1.165, 1.54) is 6.42 Å². The van der Waals surface area contributed by atoms with Gasteiger partial charge >= 0.3 is 99.4 Å². The zero-order valence-electron chi connectivity index (χ0n) is 10.0. The molecule has 0 fully saturated rings. The Morgan fingerprint density at radius 1 is 1.33 bits per heavy atom. The Labute approximate surface area is 99.6 Å². The predicted octanol–water partition coefficient (Wildman–Crippen LogP) is 2.81. The Kier molecular flexibility index (Phi) is 10.3. The maximum atomic E-state index is 11.8. The topological polar surface area (TPSA) is 26.3 Å². The van der Waals surface area contributed by atoms with Crippen molar-refractivity contribution in [3.63, 3.8) is 0 Å². The van der Waals surface area contributed by atoms with Crippen LogP contribution in [0, 0.1) is 0 Å². The Bertz CT molecular complexity index is 200. The van der Waals surface area contributed by atoms with Crippen LogP contribution < -0.4 is 0 Å². The van der Waals surface area contributed by atoms with E-state index in [9.17, 15) is 4.79 Å². The number of hydrogen-bond donors (Lipinski definition) is 0. The van der Waals surface area contributed by atoms with Crippen LogP contribution in [0.1, 0.15) is 39.5 Å². The zero-order chi connectivity index (χ0) is 11.5. The maximum absolute atomic E-state index is 11.8. The van der Waals surface area contributed by atoms with Gasteiger partial charge in [0.15, 0.2) is 0 Å². The fourth-order valence-electron chi connectivity index (χ4n) is 1.23. The summed E-state index contributed by atoms with van der Waals surface area (Å²) in [7, 11) is 1.66. The Morgan fingerprint density at radius 2 is 2.07 bits per heavy atom. The van der Waals surface area contributed by atoms with Gasteiger partial charge in [-0.3, -0.25) is 0 Å². The molecule has 0 aromatic heterocycles. The standard InChI is InChI=1S/C12H22O2Se/c1-4-6-7-8-11(13)12(15-5-2)9-10-14-3/h9H,4-8,10H2,1-3H3/b12-9-. The Morgan fingerprint density at radius 3 is 2.60 bits per heavy atom. The minimum absolute atomic E-state index is 0.335.